The molecule has 0 fully saturated rings. The number of primary amides is 1. The van der Waals surface area contributed by atoms with Gasteiger partial charge >= 0.3 is 7.12 Å². The van der Waals surface area contributed by atoms with Crippen molar-refractivity contribution in [2.24, 2.45) is 11.5 Å². The van der Waals surface area contributed by atoms with Crippen LogP contribution in [0.4, 0.5) is 0 Å². The molecule has 0 aliphatic rings. The molecular formula is C32H45BClN7O9. The van der Waals surface area contributed by atoms with E-state index in [2.05, 4.69) is 26.6 Å². The fourth-order valence-electron chi connectivity index (χ4n) is 4.59. The number of amides is 6. The highest BCUT2D eigenvalue weighted by Crippen LogP contribution is 2.22. The maximum atomic E-state index is 13.4. The van der Waals surface area contributed by atoms with Crippen molar-refractivity contribution >= 4 is 54.2 Å². The van der Waals surface area contributed by atoms with E-state index in [1.165, 1.54) is 20.8 Å². The summed E-state index contributed by atoms with van der Waals surface area (Å²) in [5.41, 5.74) is 12.8. The van der Waals surface area contributed by atoms with Crippen LogP contribution in [0.25, 0.3) is 11.1 Å². The molecule has 0 bridgehead atoms. The zero-order chi connectivity index (χ0) is 37.5. The van der Waals surface area contributed by atoms with Gasteiger partial charge in [0.15, 0.2) is 0 Å². The van der Waals surface area contributed by atoms with Gasteiger partial charge in [-0.05, 0) is 82.0 Å². The molecule has 6 amide bonds. The van der Waals surface area contributed by atoms with Crippen molar-refractivity contribution in [3.05, 3.63) is 59.1 Å². The number of benzene rings is 2. The highest BCUT2D eigenvalue weighted by Gasteiger charge is 2.33. The topological polar surface area (TPSA) is 275 Å². The third-order valence-electron chi connectivity index (χ3n) is 7.56. The zero-order valence-electron chi connectivity index (χ0n) is 28.0. The van der Waals surface area contributed by atoms with E-state index in [9.17, 15) is 43.9 Å². The summed E-state index contributed by atoms with van der Waals surface area (Å²) in [7, 11) is -1.92. The summed E-state index contributed by atoms with van der Waals surface area (Å²) >= 11 is 5.96. The molecular weight excluding hydrogens is 673 g/mol. The molecule has 16 nitrogen and oxygen atoms in total. The van der Waals surface area contributed by atoms with Crippen molar-refractivity contribution in [2.45, 2.75) is 82.7 Å². The summed E-state index contributed by atoms with van der Waals surface area (Å²) in [5, 5.41) is 41.4. The number of hydrogen-bond donors (Lipinski definition) is 10. The van der Waals surface area contributed by atoms with Crippen LogP contribution in [0.2, 0.25) is 5.02 Å². The number of rotatable bonds is 19. The second kappa shape index (κ2) is 20.2. The number of aliphatic hydroxyl groups is 1. The van der Waals surface area contributed by atoms with Gasteiger partial charge in [0.1, 0.15) is 24.2 Å². The Labute approximate surface area is 295 Å². The van der Waals surface area contributed by atoms with Crippen molar-refractivity contribution in [1.29, 1.82) is 0 Å². The highest BCUT2D eigenvalue weighted by molar-refractivity contribution is 6.43. The first-order valence-corrected chi connectivity index (χ1v) is 16.3. The summed E-state index contributed by atoms with van der Waals surface area (Å²) in [5.74, 6) is -6.25. The Bertz CT molecular complexity index is 1480. The smallest absolute Gasteiger partial charge is 0.426 e. The maximum absolute atomic E-state index is 13.4. The van der Waals surface area contributed by atoms with E-state index >= 15 is 0 Å². The second-order valence-corrected chi connectivity index (χ2v) is 12.2. The lowest BCUT2D eigenvalue weighted by Crippen LogP contribution is -2.60. The highest BCUT2D eigenvalue weighted by atomic mass is 35.5. The molecule has 2 aromatic carbocycles. The molecule has 0 aromatic heterocycles. The van der Waals surface area contributed by atoms with Gasteiger partial charge < -0.3 is 53.2 Å². The van der Waals surface area contributed by atoms with E-state index in [1.54, 1.807) is 36.4 Å². The normalized spacial score (nSPS) is 14.5. The molecule has 6 atom stereocenters. The van der Waals surface area contributed by atoms with Gasteiger partial charge in [-0.15, -0.1) is 0 Å². The molecule has 18 heteroatoms. The second-order valence-electron chi connectivity index (χ2n) is 11.8. The van der Waals surface area contributed by atoms with Crippen LogP contribution in [-0.2, 0) is 24.0 Å². The molecule has 12 N–H and O–H groups in total. The number of nitrogens with two attached hydrogens (primary N) is 2. The fourth-order valence-corrected chi connectivity index (χ4v) is 4.72. The minimum absolute atomic E-state index is 0.166. The molecule has 272 valence electrons. The molecule has 0 saturated heterocycles. The van der Waals surface area contributed by atoms with Gasteiger partial charge in [0.05, 0.1) is 18.5 Å². The molecule has 0 aliphatic carbocycles. The average Bonchev–Trinajstić information content (AvgIpc) is 3.06. The number of unbranched alkanes of at least 4 members (excludes halogenated alkanes) is 1. The van der Waals surface area contributed by atoms with E-state index in [0.717, 1.165) is 11.1 Å². The number of halogens is 1. The third-order valence-corrected chi connectivity index (χ3v) is 7.82. The van der Waals surface area contributed by atoms with E-state index in [-0.39, 0.29) is 12.0 Å². The summed E-state index contributed by atoms with van der Waals surface area (Å²) in [6.45, 7) is 4.11. The summed E-state index contributed by atoms with van der Waals surface area (Å²) < 4.78 is 0. The van der Waals surface area contributed by atoms with E-state index in [0.29, 0.717) is 24.4 Å². The molecule has 0 aliphatic heterocycles. The molecule has 0 radical (unpaired) electrons. The lowest BCUT2D eigenvalue weighted by molar-refractivity contribution is -0.135. The Hall–Kier alpha value is -4.55. The number of hydrogen-bond acceptors (Lipinski definition) is 10. The molecule has 2 rings (SSSR count). The number of carbonyl (C=O) groups excluding carboxylic acids is 6. The standard InChI is InChI=1S/C32H45BClN7O9/c1-17(28(44)40-25(16-26(36)43)31(47)38-19(3)33(49)50)37-32(48)27(18(2)42)41-30(46)24(6-4-5-15-35)39-29(45)22-9-7-20(8-10-22)21-11-13-23(34)14-12-21/h7-14,17-19,24-25,27,42,49-50H,4-6,15-16,35H2,1-3H3,(H2,36,43)(H,37,48)(H,38,47)(H,39,45)(H,40,44)(H,41,46)/t17-,18?,19-,24-,25-,27-/m0/s1. The van der Waals surface area contributed by atoms with E-state index in [4.69, 9.17) is 23.1 Å². The predicted octanol–water partition coefficient (Wildman–Crippen LogP) is -1.52. The van der Waals surface area contributed by atoms with Crippen LogP contribution in [0, 0.1) is 0 Å². The van der Waals surface area contributed by atoms with Crippen LogP contribution in [0.5, 0.6) is 0 Å². The summed E-state index contributed by atoms with van der Waals surface area (Å²) in [6, 6.07) is 8.31. The van der Waals surface area contributed by atoms with Crippen molar-refractivity contribution in [3.8, 4) is 11.1 Å². The minimum atomic E-state index is -1.92. The Morgan fingerprint density at radius 3 is 1.82 bits per heavy atom. The van der Waals surface area contributed by atoms with Crippen LogP contribution in [0.3, 0.4) is 0 Å². The zero-order valence-corrected chi connectivity index (χ0v) is 28.8. The van der Waals surface area contributed by atoms with E-state index < -0.39 is 85.2 Å². The Morgan fingerprint density at radius 1 is 0.740 bits per heavy atom. The van der Waals surface area contributed by atoms with Gasteiger partial charge in [0.25, 0.3) is 5.91 Å². The molecule has 0 saturated carbocycles. The maximum Gasteiger partial charge on any atom is 0.475 e. The number of carbonyl (C=O) groups is 6. The van der Waals surface area contributed by atoms with Crippen LogP contribution in [0.1, 0.15) is 56.8 Å². The SMILES string of the molecule is CC(O)[C@H](NC(=O)[C@H](CCCCN)NC(=O)c1ccc(-c2ccc(Cl)cc2)cc1)C(=O)N[C@@H](C)C(=O)N[C@@H](CC(N)=O)C(=O)N[C@@H](C)B(O)O. The lowest BCUT2D eigenvalue weighted by Gasteiger charge is -2.26. The van der Waals surface area contributed by atoms with Crippen LogP contribution < -0.4 is 38.1 Å². The van der Waals surface area contributed by atoms with Gasteiger partial charge in [-0.25, -0.2) is 0 Å². The fraction of sp³-hybridized carbons (Fsp3) is 0.438. The van der Waals surface area contributed by atoms with Gasteiger partial charge in [-0.1, -0.05) is 35.9 Å². The van der Waals surface area contributed by atoms with Gasteiger partial charge in [-0.2, -0.15) is 0 Å². The first kappa shape index (κ1) is 41.6. The monoisotopic (exact) mass is 717 g/mol. The summed E-state index contributed by atoms with van der Waals surface area (Å²) in [6.07, 6.45) is -0.905. The van der Waals surface area contributed by atoms with Crippen LogP contribution in [-0.4, -0.2) is 100 Å². The molecule has 2 aromatic rings. The van der Waals surface area contributed by atoms with Crippen molar-refractivity contribution in [2.75, 3.05) is 6.54 Å². The summed E-state index contributed by atoms with van der Waals surface area (Å²) in [4.78, 5) is 76.6. The van der Waals surface area contributed by atoms with E-state index in [1.807, 2.05) is 12.1 Å². The van der Waals surface area contributed by atoms with Crippen LogP contribution in [0.15, 0.2) is 48.5 Å². The Balaban J connectivity index is 2.12. The van der Waals surface area contributed by atoms with Crippen LogP contribution >= 0.6 is 11.6 Å². The van der Waals surface area contributed by atoms with Gasteiger partial charge in [0.2, 0.25) is 29.5 Å². The first-order valence-electron chi connectivity index (χ1n) is 15.9. The molecule has 0 spiro atoms. The quantitative estimate of drug-likeness (QED) is 0.0592. The number of aliphatic hydroxyl groups excluding tert-OH is 1. The number of nitrogens with one attached hydrogen (secondary N) is 5. The average molecular weight is 718 g/mol. The minimum Gasteiger partial charge on any atom is -0.426 e. The predicted molar refractivity (Wildman–Crippen MR) is 186 cm³/mol. The largest absolute Gasteiger partial charge is 0.475 e. The molecule has 1 unspecified atom stereocenters. The lowest BCUT2D eigenvalue weighted by atomic mass is 9.81. The third kappa shape index (κ3) is 13.4. The molecule has 50 heavy (non-hydrogen) atoms. The van der Waals surface area contributed by atoms with Gasteiger partial charge in [-0.3, -0.25) is 28.8 Å². The first-order chi connectivity index (χ1) is 23.5. The van der Waals surface area contributed by atoms with Crippen molar-refractivity contribution in [3.63, 3.8) is 0 Å². The van der Waals surface area contributed by atoms with Crippen molar-refractivity contribution < 1.29 is 43.9 Å². The Kier molecular flexibility index (Phi) is 16.8. The Morgan fingerprint density at radius 2 is 1.30 bits per heavy atom. The van der Waals surface area contributed by atoms with Gasteiger partial charge in [0, 0.05) is 10.6 Å². The van der Waals surface area contributed by atoms with Crippen molar-refractivity contribution in [1.82, 2.24) is 26.6 Å². The molecule has 0 heterocycles.